The number of hydrogen-bond acceptors (Lipinski definition) is 4. The Morgan fingerprint density at radius 3 is 2.33 bits per heavy atom. The van der Waals surface area contributed by atoms with Crippen molar-refractivity contribution in [3.8, 4) is 0 Å². The predicted molar refractivity (Wildman–Crippen MR) is 64.1 cm³/mol. The third kappa shape index (κ3) is 3.38. The van der Waals surface area contributed by atoms with Gasteiger partial charge in [-0.1, -0.05) is 20.8 Å². The molecular weight excluding hydrogens is 188 g/mol. The molecule has 0 amide bonds. The molecule has 1 aromatic rings. The first-order valence-electron chi connectivity index (χ1n) is 5.20. The third-order valence-electron chi connectivity index (χ3n) is 2.59. The lowest BCUT2D eigenvalue weighted by Crippen LogP contribution is -2.31. The molecule has 4 nitrogen and oxygen atoms in total. The van der Waals surface area contributed by atoms with Crippen LogP contribution >= 0.6 is 0 Å². The molecule has 15 heavy (non-hydrogen) atoms. The van der Waals surface area contributed by atoms with E-state index in [-0.39, 0.29) is 5.41 Å². The second-order valence-corrected chi connectivity index (χ2v) is 4.77. The second-order valence-electron chi connectivity index (χ2n) is 4.77. The van der Waals surface area contributed by atoms with Gasteiger partial charge >= 0.3 is 0 Å². The fourth-order valence-electron chi connectivity index (χ4n) is 1.01. The maximum Gasteiger partial charge on any atom is 0.131 e. The number of nitrogens with one attached hydrogen (secondary N) is 2. The van der Waals surface area contributed by atoms with Crippen molar-refractivity contribution in [2.45, 2.75) is 33.7 Å². The van der Waals surface area contributed by atoms with Crippen LogP contribution in [0.1, 0.15) is 27.7 Å². The summed E-state index contributed by atoms with van der Waals surface area (Å²) in [5.74, 6) is 1.69. The minimum Gasteiger partial charge on any atom is -0.373 e. The maximum atomic E-state index is 4.18. The molecule has 1 unspecified atom stereocenters. The molecule has 1 atom stereocenters. The summed E-state index contributed by atoms with van der Waals surface area (Å²) in [6, 6.07) is 2.26. The predicted octanol–water partition coefficient (Wildman–Crippen LogP) is 2.36. The van der Waals surface area contributed by atoms with Gasteiger partial charge in [0, 0.05) is 19.2 Å². The smallest absolute Gasteiger partial charge is 0.131 e. The van der Waals surface area contributed by atoms with Crippen molar-refractivity contribution < 1.29 is 0 Å². The summed E-state index contributed by atoms with van der Waals surface area (Å²) in [6.07, 6.45) is 1.56. The number of rotatable bonds is 3. The maximum absolute atomic E-state index is 4.18. The zero-order valence-corrected chi connectivity index (χ0v) is 10.1. The van der Waals surface area contributed by atoms with Crippen molar-refractivity contribution >= 4 is 11.6 Å². The van der Waals surface area contributed by atoms with Gasteiger partial charge in [0.25, 0.3) is 0 Å². The summed E-state index contributed by atoms with van der Waals surface area (Å²) >= 11 is 0. The minimum atomic E-state index is 0.213. The van der Waals surface area contributed by atoms with Crippen LogP contribution < -0.4 is 10.6 Å². The second kappa shape index (κ2) is 4.47. The number of nitrogens with zero attached hydrogens (tertiary/aromatic N) is 2. The molecule has 0 aliphatic carbocycles. The fraction of sp³-hybridized carbons (Fsp3) is 0.636. The Kier molecular flexibility index (Phi) is 3.50. The summed E-state index contributed by atoms with van der Waals surface area (Å²) in [5, 5.41) is 6.35. The average Bonchev–Trinajstić information content (AvgIpc) is 2.16. The molecule has 1 rings (SSSR count). The molecule has 0 fully saturated rings. The number of hydrogen-bond donors (Lipinski definition) is 2. The number of aromatic nitrogens is 2. The van der Waals surface area contributed by atoms with Gasteiger partial charge in [-0.3, -0.25) is 0 Å². The Morgan fingerprint density at radius 1 is 1.20 bits per heavy atom. The average molecular weight is 208 g/mol. The van der Waals surface area contributed by atoms with Crippen molar-refractivity contribution in [2.75, 3.05) is 17.7 Å². The third-order valence-corrected chi connectivity index (χ3v) is 2.59. The van der Waals surface area contributed by atoms with E-state index in [2.05, 4.69) is 48.3 Å². The standard InChI is InChI=1S/C11H20N4/c1-8(11(2,3)4)15-10-6-9(12-5)13-7-14-10/h6-8H,1-5H3,(H2,12,13,14,15). The van der Waals surface area contributed by atoms with Gasteiger partial charge in [0.15, 0.2) is 0 Å². The Bertz CT molecular complexity index is 317. The van der Waals surface area contributed by atoms with E-state index < -0.39 is 0 Å². The van der Waals surface area contributed by atoms with E-state index in [4.69, 9.17) is 0 Å². The van der Waals surface area contributed by atoms with E-state index in [0.29, 0.717) is 6.04 Å². The van der Waals surface area contributed by atoms with Gasteiger partial charge in [0.05, 0.1) is 0 Å². The van der Waals surface area contributed by atoms with Crippen LogP contribution in [-0.2, 0) is 0 Å². The van der Waals surface area contributed by atoms with Crippen LogP contribution in [0, 0.1) is 5.41 Å². The van der Waals surface area contributed by atoms with Crippen molar-refractivity contribution in [1.82, 2.24) is 9.97 Å². The summed E-state index contributed by atoms with van der Waals surface area (Å²) in [7, 11) is 1.85. The van der Waals surface area contributed by atoms with Crippen LogP contribution in [0.25, 0.3) is 0 Å². The van der Waals surface area contributed by atoms with E-state index in [9.17, 15) is 0 Å². The largest absolute Gasteiger partial charge is 0.373 e. The molecule has 0 saturated heterocycles. The quantitative estimate of drug-likeness (QED) is 0.800. The lowest BCUT2D eigenvalue weighted by molar-refractivity contribution is 0.358. The fourth-order valence-corrected chi connectivity index (χ4v) is 1.01. The van der Waals surface area contributed by atoms with Crippen LogP contribution in [0.2, 0.25) is 0 Å². The molecule has 0 spiro atoms. The first-order valence-corrected chi connectivity index (χ1v) is 5.20. The van der Waals surface area contributed by atoms with Gasteiger partial charge in [-0.05, 0) is 12.3 Å². The molecule has 0 aliphatic heterocycles. The summed E-state index contributed by atoms with van der Waals surface area (Å²) in [4.78, 5) is 8.24. The van der Waals surface area contributed by atoms with Crippen LogP contribution in [-0.4, -0.2) is 23.1 Å². The molecule has 1 heterocycles. The van der Waals surface area contributed by atoms with Crippen molar-refractivity contribution in [3.63, 3.8) is 0 Å². The molecule has 0 aliphatic rings. The van der Waals surface area contributed by atoms with Gasteiger partial charge in [0.2, 0.25) is 0 Å². The molecular formula is C11H20N4. The van der Waals surface area contributed by atoms with Gasteiger partial charge in [0.1, 0.15) is 18.0 Å². The highest BCUT2D eigenvalue weighted by Gasteiger charge is 2.19. The van der Waals surface area contributed by atoms with Crippen molar-refractivity contribution in [2.24, 2.45) is 5.41 Å². The Hall–Kier alpha value is -1.32. The summed E-state index contributed by atoms with van der Waals surface area (Å²) in [6.45, 7) is 8.75. The van der Waals surface area contributed by atoms with Gasteiger partial charge < -0.3 is 10.6 Å². The normalized spacial score (nSPS) is 13.4. The highest BCUT2D eigenvalue weighted by atomic mass is 15.1. The van der Waals surface area contributed by atoms with Gasteiger partial charge in [-0.2, -0.15) is 0 Å². The summed E-state index contributed by atoms with van der Waals surface area (Å²) in [5.41, 5.74) is 0.213. The Balaban J connectivity index is 2.72. The van der Waals surface area contributed by atoms with Crippen molar-refractivity contribution in [3.05, 3.63) is 12.4 Å². The first kappa shape index (κ1) is 11.8. The zero-order chi connectivity index (χ0) is 11.5. The molecule has 0 saturated carbocycles. The lowest BCUT2D eigenvalue weighted by atomic mass is 9.88. The SMILES string of the molecule is CNc1cc(NC(C)C(C)(C)C)ncn1. The Morgan fingerprint density at radius 2 is 1.80 bits per heavy atom. The highest BCUT2D eigenvalue weighted by Crippen LogP contribution is 2.22. The van der Waals surface area contributed by atoms with E-state index in [0.717, 1.165) is 11.6 Å². The molecule has 0 bridgehead atoms. The lowest BCUT2D eigenvalue weighted by Gasteiger charge is -2.28. The monoisotopic (exact) mass is 208 g/mol. The molecule has 2 N–H and O–H groups in total. The summed E-state index contributed by atoms with van der Waals surface area (Å²) < 4.78 is 0. The molecule has 4 heteroatoms. The van der Waals surface area contributed by atoms with E-state index in [1.165, 1.54) is 0 Å². The highest BCUT2D eigenvalue weighted by molar-refractivity contribution is 5.46. The zero-order valence-electron chi connectivity index (χ0n) is 10.1. The van der Waals surface area contributed by atoms with Gasteiger partial charge in [-0.25, -0.2) is 9.97 Å². The van der Waals surface area contributed by atoms with E-state index >= 15 is 0 Å². The Labute approximate surface area is 91.5 Å². The van der Waals surface area contributed by atoms with E-state index in [1.54, 1.807) is 6.33 Å². The van der Waals surface area contributed by atoms with Crippen molar-refractivity contribution in [1.29, 1.82) is 0 Å². The van der Waals surface area contributed by atoms with Crippen LogP contribution in [0.15, 0.2) is 12.4 Å². The van der Waals surface area contributed by atoms with Gasteiger partial charge in [-0.15, -0.1) is 0 Å². The minimum absolute atomic E-state index is 0.213. The topological polar surface area (TPSA) is 49.8 Å². The molecule has 0 aromatic carbocycles. The number of anilines is 2. The molecule has 84 valence electrons. The molecule has 1 aromatic heterocycles. The molecule has 0 radical (unpaired) electrons. The van der Waals surface area contributed by atoms with Crippen LogP contribution in [0.5, 0.6) is 0 Å². The van der Waals surface area contributed by atoms with Crippen LogP contribution in [0.4, 0.5) is 11.6 Å². The van der Waals surface area contributed by atoms with Crippen LogP contribution in [0.3, 0.4) is 0 Å². The van der Waals surface area contributed by atoms with E-state index in [1.807, 2.05) is 13.1 Å². The first-order chi connectivity index (χ1) is 6.93.